The highest BCUT2D eigenvalue weighted by molar-refractivity contribution is 7.92. The lowest BCUT2D eigenvalue weighted by molar-refractivity contribution is -0.384. The summed E-state index contributed by atoms with van der Waals surface area (Å²) in [6, 6.07) is 21.7. The Balaban J connectivity index is 1.45. The fourth-order valence-corrected chi connectivity index (χ4v) is 4.33. The van der Waals surface area contributed by atoms with E-state index in [1.807, 2.05) is 18.2 Å². The van der Waals surface area contributed by atoms with Crippen LogP contribution in [0.4, 0.5) is 11.4 Å². The summed E-state index contributed by atoms with van der Waals surface area (Å²) in [7, 11) is -3.76. The van der Waals surface area contributed by atoms with Gasteiger partial charge in [0.2, 0.25) is 10.0 Å². The molecule has 0 atom stereocenters. The minimum absolute atomic E-state index is 0.0311. The third kappa shape index (κ3) is 5.53. The van der Waals surface area contributed by atoms with E-state index in [0.29, 0.717) is 28.2 Å². The van der Waals surface area contributed by atoms with Crippen molar-refractivity contribution >= 4 is 44.3 Å². The third-order valence-corrected chi connectivity index (χ3v) is 6.22. The summed E-state index contributed by atoms with van der Waals surface area (Å²) in [5, 5.41) is 16.2. The summed E-state index contributed by atoms with van der Waals surface area (Å²) in [6.45, 7) is -0.462. The van der Waals surface area contributed by atoms with Crippen LogP contribution in [0.25, 0.3) is 22.1 Å². The fourth-order valence-electron chi connectivity index (χ4n) is 3.47. The molecule has 0 saturated carbocycles. The predicted molar refractivity (Wildman–Crippen MR) is 133 cm³/mol. The zero-order chi connectivity index (χ0) is 25.0. The lowest BCUT2D eigenvalue weighted by Crippen LogP contribution is -2.39. The van der Waals surface area contributed by atoms with Gasteiger partial charge in [-0.1, -0.05) is 36.4 Å². The lowest BCUT2D eigenvalue weighted by atomic mass is 10.1. The van der Waals surface area contributed by atoms with Crippen LogP contribution >= 0.6 is 0 Å². The molecule has 0 aliphatic carbocycles. The number of carbonyl (C=O) groups excluding carboxylic acids is 1. The number of carbonyl (C=O) groups is 1. The molecule has 178 valence electrons. The van der Waals surface area contributed by atoms with Gasteiger partial charge in [0.15, 0.2) is 0 Å². The van der Waals surface area contributed by atoms with Gasteiger partial charge in [0.1, 0.15) is 18.1 Å². The highest BCUT2D eigenvalue weighted by atomic mass is 32.2. The number of nitro groups is 1. The maximum absolute atomic E-state index is 12.5. The van der Waals surface area contributed by atoms with Crippen molar-refractivity contribution in [2.45, 2.75) is 0 Å². The van der Waals surface area contributed by atoms with Gasteiger partial charge in [0, 0.05) is 23.1 Å². The Morgan fingerprint density at radius 1 is 1.06 bits per heavy atom. The molecule has 3 aromatic carbocycles. The number of nitrogens with zero attached hydrogens (tertiary/aromatic N) is 3. The number of nitro benzene ring substituents is 1. The normalized spacial score (nSPS) is 11.6. The van der Waals surface area contributed by atoms with Crippen molar-refractivity contribution < 1.29 is 22.6 Å². The Morgan fingerprint density at radius 3 is 2.49 bits per heavy atom. The second-order valence-corrected chi connectivity index (χ2v) is 9.47. The number of furan rings is 1. The first-order valence-electron chi connectivity index (χ1n) is 10.3. The average Bonchev–Trinajstić information content (AvgIpc) is 3.30. The van der Waals surface area contributed by atoms with Crippen molar-refractivity contribution in [1.82, 2.24) is 5.43 Å². The molecular weight excluding hydrogens is 472 g/mol. The molecule has 1 N–H and O–H groups in total. The Kier molecular flexibility index (Phi) is 6.60. The topological polar surface area (TPSA) is 135 Å². The second-order valence-electron chi connectivity index (χ2n) is 7.57. The second kappa shape index (κ2) is 9.77. The number of anilines is 1. The van der Waals surface area contributed by atoms with Gasteiger partial charge in [-0.2, -0.15) is 5.10 Å². The van der Waals surface area contributed by atoms with E-state index in [0.717, 1.165) is 15.9 Å². The van der Waals surface area contributed by atoms with Gasteiger partial charge in [-0.3, -0.25) is 19.2 Å². The molecule has 1 heterocycles. The smallest absolute Gasteiger partial charge is 0.269 e. The van der Waals surface area contributed by atoms with Gasteiger partial charge >= 0.3 is 0 Å². The maximum atomic E-state index is 12.5. The monoisotopic (exact) mass is 492 g/mol. The molecule has 35 heavy (non-hydrogen) atoms. The van der Waals surface area contributed by atoms with Gasteiger partial charge in [-0.15, -0.1) is 0 Å². The van der Waals surface area contributed by atoms with Crippen molar-refractivity contribution in [2.75, 3.05) is 17.1 Å². The van der Waals surface area contributed by atoms with E-state index < -0.39 is 27.4 Å². The molecule has 4 rings (SSSR count). The number of benzene rings is 3. The largest absolute Gasteiger partial charge is 0.455 e. The fraction of sp³-hybridized carbons (Fsp3) is 0.0833. The molecule has 11 heteroatoms. The molecule has 0 unspecified atom stereocenters. The zero-order valence-corrected chi connectivity index (χ0v) is 19.3. The Morgan fingerprint density at radius 2 is 1.77 bits per heavy atom. The molecule has 10 nitrogen and oxygen atoms in total. The standard InChI is InChI=1S/C24H20N4O6S/c1-35(32,33)27(22-8-4-6-17-5-2-3-7-21(17)22)16-24(29)26-25-15-20-13-14-23(34-20)18-9-11-19(12-10-18)28(30)31/h2-15H,16H2,1H3,(H,26,29)/b25-15-. The van der Waals surface area contributed by atoms with E-state index in [4.69, 9.17) is 4.42 Å². The molecule has 0 aliphatic rings. The van der Waals surface area contributed by atoms with Gasteiger partial charge in [0.05, 0.1) is 23.1 Å². The molecule has 0 aliphatic heterocycles. The summed E-state index contributed by atoms with van der Waals surface area (Å²) in [4.78, 5) is 22.8. The first kappa shape index (κ1) is 23.6. The molecule has 4 aromatic rings. The molecule has 1 amide bonds. The van der Waals surface area contributed by atoms with E-state index in [9.17, 15) is 23.3 Å². The van der Waals surface area contributed by atoms with Crippen LogP contribution in [-0.2, 0) is 14.8 Å². The third-order valence-electron chi connectivity index (χ3n) is 5.09. The number of nitrogens with one attached hydrogen (secondary N) is 1. The van der Waals surface area contributed by atoms with Crippen LogP contribution in [0.5, 0.6) is 0 Å². The predicted octanol–water partition coefficient (Wildman–Crippen LogP) is 3.92. The summed E-state index contributed by atoms with van der Waals surface area (Å²) in [6.07, 6.45) is 2.31. The molecule has 0 radical (unpaired) electrons. The summed E-state index contributed by atoms with van der Waals surface area (Å²) in [5.41, 5.74) is 3.31. The number of hydrogen-bond acceptors (Lipinski definition) is 7. The number of hydrazone groups is 1. The van der Waals surface area contributed by atoms with Gasteiger partial charge in [0.25, 0.3) is 11.6 Å². The maximum Gasteiger partial charge on any atom is 0.269 e. The Hall–Kier alpha value is -4.51. The van der Waals surface area contributed by atoms with E-state index in [2.05, 4.69) is 10.5 Å². The SMILES string of the molecule is CS(=O)(=O)N(CC(=O)N/N=C\c1ccc(-c2ccc([N+](=O)[O-])cc2)o1)c1cccc2ccccc12. The summed E-state index contributed by atoms with van der Waals surface area (Å²) < 4.78 is 31.6. The van der Waals surface area contributed by atoms with Crippen molar-refractivity contribution in [3.05, 3.63) is 94.7 Å². The van der Waals surface area contributed by atoms with Gasteiger partial charge < -0.3 is 4.42 Å². The molecule has 0 fully saturated rings. The molecule has 0 spiro atoms. The quantitative estimate of drug-likeness (QED) is 0.225. The lowest BCUT2D eigenvalue weighted by Gasteiger charge is -2.23. The van der Waals surface area contributed by atoms with Crippen LogP contribution in [0.15, 0.2) is 88.4 Å². The Labute approximate surface area is 200 Å². The van der Waals surface area contributed by atoms with Crippen molar-refractivity contribution in [3.63, 3.8) is 0 Å². The zero-order valence-electron chi connectivity index (χ0n) is 18.5. The first-order valence-corrected chi connectivity index (χ1v) is 12.2. The van der Waals surface area contributed by atoms with Crippen LogP contribution in [-0.4, -0.2) is 38.3 Å². The van der Waals surface area contributed by atoms with E-state index in [1.54, 1.807) is 48.5 Å². The highest BCUT2D eigenvalue weighted by Crippen LogP contribution is 2.28. The minimum atomic E-state index is -3.76. The van der Waals surface area contributed by atoms with Crippen LogP contribution in [0, 0.1) is 10.1 Å². The molecule has 1 aromatic heterocycles. The number of rotatable bonds is 8. The molecule has 0 saturated heterocycles. The van der Waals surface area contributed by atoms with E-state index in [-0.39, 0.29) is 5.69 Å². The van der Waals surface area contributed by atoms with Crippen molar-refractivity contribution in [2.24, 2.45) is 5.10 Å². The number of sulfonamides is 1. The number of amides is 1. The van der Waals surface area contributed by atoms with E-state index >= 15 is 0 Å². The van der Waals surface area contributed by atoms with Gasteiger partial charge in [-0.25, -0.2) is 13.8 Å². The van der Waals surface area contributed by atoms with E-state index in [1.165, 1.54) is 18.3 Å². The van der Waals surface area contributed by atoms with Crippen molar-refractivity contribution in [1.29, 1.82) is 0 Å². The van der Waals surface area contributed by atoms with Crippen LogP contribution in [0.1, 0.15) is 5.76 Å². The first-order chi connectivity index (χ1) is 16.7. The van der Waals surface area contributed by atoms with Gasteiger partial charge in [-0.05, 0) is 35.7 Å². The molecular formula is C24H20N4O6S. The number of hydrogen-bond donors (Lipinski definition) is 1. The number of fused-ring (bicyclic) bond motifs is 1. The Bertz CT molecular complexity index is 1520. The summed E-state index contributed by atoms with van der Waals surface area (Å²) >= 11 is 0. The van der Waals surface area contributed by atoms with Crippen LogP contribution in [0.3, 0.4) is 0 Å². The summed E-state index contributed by atoms with van der Waals surface area (Å²) in [5.74, 6) is 0.154. The minimum Gasteiger partial charge on any atom is -0.455 e. The highest BCUT2D eigenvalue weighted by Gasteiger charge is 2.22. The van der Waals surface area contributed by atoms with Crippen LogP contribution in [0.2, 0.25) is 0 Å². The average molecular weight is 493 g/mol. The van der Waals surface area contributed by atoms with Crippen LogP contribution < -0.4 is 9.73 Å². The van der Waals surface area contributed by atoms with Crippen molar-refractivity contribution in [3.8, 4) is 11.3 Å². The molecule has 0 bridgehead atoms. The number of non-ortho nitro benzene ring substituents is 1.